The first-order valence-electron chi connectivity index (χ1n) is 5.42. The molecule has 1 N–H and O–H groups in total. The van der Waals surface area contributed by atoms with Crippen LogP contribution >= 0.6 is 0 Å². The number of rotatable bonds is 2. The average molecular weight is 236 g/mol. The lowest BCUT2D eigenvalue weighted by molar-refractivity contribution is 0.472. The number of aromatic hydroxyl groups is 1. The highest BCUT2D eigenvalue weighted by Gasteiger charge is 2.57. The molecule has 0 aliphatic heterocycles. The number of nitrogens with zero attached hydrogens (tertiary/aromatic N) is 2. The molecule has 0 saturated carbocycles. The predicted molar refractivity (Wildman–Crippen MR) is 65.5 cm³/mol. The van der Waals surface area contributed by atoms with Crippen molar-refractivity contribution in [1.82, 2.24) is 0 Å². The summed E-state index contributed by atoms with van der Waals surface area (Å²) in [5, 5.41) is 22.2. The van der Waals surface area contributed by atoms with Crippen LogP contribution in [0.4, 0.5) is 5.69 Å². The van der Waals surface area contributed by atoms with Crippen molar-refractivity contribution in [3.05, 3.63) is 64.1 Å². The van der Waals surface area contributed by atoms with E-state index in [1.54, 1.807) is 12.1 Å². The molecule has 2 aromatic carbocycles. The van der Waals surface area contributed by atoms with Crippen molar-refractivity contribution in [3.8, 4) is 11.8 Å². The first-order chi connectivity index (χ1) is 8.75. The molecule has 0 fully saturated rings. The summed E-state index contributed by atoms with van der Waals surface area (Å²) in [6.45, 7) is 0. The normalized spacial score (nSPS) is 19.7. The number of nitroso groups, excluding NO2 is 1. The Balaban J connectivity index is 2.28. The fourth-order valence-electron chi connectivity index (χ4n) is 2.48. The maximum Gasteiger partial charge on any atom is 0.139 e. The van der Waals surface area contributed by atoms with Crippen LogP contribution < -0.4 is 0 Å². The van der Waals surface area contributed by atoms with Crippen molar-refractivity contribution < 1.29 is 5.11 Å². The fourth-order valence-corrected chi connectivity index (χ4v) is 2.48. The maximum absolute atomic E-state index is 10.8. The first-order valence-corrected chi connectivity index (χ1v) is 5.42. The van der Waals surface area contributed by atoms with Gasteiger partial charge in [-0.3, -0.25) is 0 Å². The van der Waals surface area contributed by atoms with Gasteiger partial charge in [0.05, 0.1) is 6.07 Å². The Morgan fingerprint density at radius 3 is 2.44 bits per heavy atom. The van der Waals surface area contributed by atoms with Gasteiger partial charge in [0.2, 0.25) is 0 Å². The van der Waals surface area contributed by atoms with Gasteiger partial charge in [0.25, 0.3) is 0 Å². The van der Waals surface area contributed by atoms with Crippen LogP contribution in [0.25, 0.3) is 0 Å². The van der Waals surface area contributed by atoms with Crippen molar-refractivity contribution in [2.75, 3.05) is 0 Å². The third kappa shape index (κ3) is 1.08. The average Bonchev–Trinajstić information content (AvgIpc) is 3.12. The van der Waals surface area contributed by atoms with E-state index in [9.17, 15) is 15.3 Å². The second kappa shape index (κ2) is 3.41. The zero-order valence-corrected chi connectivity index (χ0v) is 9.29. The summed E-state index contributed by atoms with van der Waals surface area (Å²) in [6, 6.07) is 14.1. The van der Waals surface area contributed by atoms with E-state index in [-0.39, 0.29) is 11.4 Å². The number of hydrogen-bond donors (Lipinski definition) is 1. The van der Waals surface area contributed by atoms with Crippen LogP contribution in [0.3, 0.4) is 0 Å². The van der Waals surface area contributed by atoms with Crippen LogP contribution in [-0.2, 0) is 5.41 Å². The highest BCUT2D eigenvalue weighted by molar-refractivity contribution is 5.84. The number of phenols is 1. The topological polar surface area (TPSA) is 73.4 Å². The van der Waals surface area contributed by atoms with Crippen molar-refractivity contribution in [1.29, 1.82) is 5.26 Å². The smallest absolute Gasteiger partial charge is 0.139 e. The summed E-state index contributed by atoms with van der Waals surface area (Å²) >= 11 is 0. The van der Waals surface area contributed by atoms with Crippen LogP contribution in [0.1, 0.15) is 16.7 Å². The first kappa shape index (κ1) is 10.5. The molecule has 18 heavy (non-hydrogen) atoms. The van der Waals surface area contributed by atoms with E-state index in [0.717, 1.165) is 5.56 Å². The Morgan fingerprint density at radius 1 is 1.11 bits per heavy atom. The van der Waals surface area contributed by atoms with Gasteiger partial charge in [0.15, 0.2) is 0 Å². The molecule has 4 heteroatoms. The molecule has 4 nitrogen and oxygen atoms in total. The molecule has 0 spiro atoms. The van der Waals surface area contributed by atoms with Crippen molar-refractivity contribution in [2.24, 2.45) is 5.18 Å². The van der Waals surface area contributed by atoms with Gasteiger partial charge in [0.1, 0.15) is 16.9 Å². The predicted octanol–water partition coefficient (Wildman–Crippen LogP) is 2.96. The summed E-state index contributed by atoms with van der Waals surface area (Å²) < 4.78 is 0. The van der Waals surface area contributed by atoms with Gasteiger partial charge in [-0.15, -0.1) is 4.91 Å². The fraction of sp³-hybridized carbons (Fsp3) is 0.0714. The lowest BCUT2D eigenvalue weighted by Crippen LogP contribution is -2.06. The highest BCUT2D eigenvalue weighted by Crippen LogP contribution is 2.61. The Morgan fingerprint density at radius 2 is 1.83 bits per heavy atom. The number of benzene rings is 2. The van der Waals surface area contributed by atoms with Gasteiger partial charge >= 0.3 is 0 Å². The van der Waals surface area contributed by atoms with Gasteiger partial charge in [-0.05, 0) is 22.9 Å². The molecule has 0 saturated heterocycles. The standard InChI is InChI=1S/C14H8N2O2/c15-8-14(9-4-2-1-3-5-9)12-10(16-18)6-7-11(17)13(12)14/h1-7,17H. The number of fused-ring (bicyclic) bond motifs is 1. The monoisotopic (exact) mass is 236 g/mol. The number of hydrogen-bond acceptors (Lipinski definition) is 4. The Hall–Kier alpha value is -2.67. The molecule has 0 aromatic heterocycles. The SMILES string of the molecule is N#CC1(c2ccccc2)c2c(O)ccc(N=O)c21. The van der Waals surface area contributed by atoms with Crippen LogP contribution in [0.15, 0.2) is 47.6 Å². The van der Waals surface area contributed by atoms with Gasteiger partial charge in [0, 0.05) is 11.1 Å². The van der Waals surface area contributed by atoms with Gasteiger partial charge < -0.3 is 5.11 Å². The van der Waals surface area contributed by atoms with Crippen molar-refractivity contribution >= 4 is 5.69 Å². The Bertz CT molecular complexity index is 689. The van der Waals surface area contributed by atoms with E-state index >= 15 is 0 Å². The van der Waals surface area contributed by atoms with Crippen LogP contribution in [0.2, 0.25) is 0 Å². The third-order valence-corrected chi connectivity index (χ3v) is 3.32. The molecule has 2 aromatic rings. The summed E-state index contributed by atoms with van der Waals surface area (Å²) in [5.74, 6) is 0.0304. The quantitative estimate of drug-likeness (QED) is 0.814. The minimum Gasteiger partial charge on any atom is -0.508 e. The van der Waals surface area contributed by atoms with E-state index in [1.165, 1.54) is 12.1 Å². The summed E-state index contributed by atoms with van der Waals surface area (Å²) in [7, 11) is 0. The molecular weight excluding hydrogens is 228 g/mol. The number of nitriles is 1. The van der Waals surface area contributed by atoms with Crippen molar-refractivity contribution in [3.63, 3.8) is 0 Å². The number of phenolic OH excluding ortho intramolecular Hbond substituents is 1. The minimum absolute atomic E-state index is 0.0304. The Kier molecular flexibility index (Phi) is 1.99. The van der Waals surface area contributed by atoms with Crippen LogP contribution in [-0.4, -0.2) is 5.11 Å². The molecule has 1 unspecified atom stereocenters. The second-order valence-corrected chi connectivity index (χ2v) is 4.17. The molecule has 1 aliphatic rings. The lowest BCUT2D eigenvalue weighted by Gasteiger charge is -2.06. The minimum atomic E-state index is -1.02. The molecule has 86 valence electrons. The van der Waals surface area contributed by atoms with E-state index in [0.29, 0.717) is 11.1 Å². The molecule has 0 amide bonds. The summed E-state index contributed by atoms with van der Waals surface area (Å²) in [5.41, 5.74) is 0.958. The lowest BCUT2D eigenvalue weighted by atomic mass is 9.92. The molecule has 3 rings (SSSR count). The molecule has 1 aliphatic carbocycles. The molecule has 0 heterocycles. The third-order valence-electron chi connectivity index (χ3n) is 3.32. The maximum atomic E-state index is 10.8. The highest BCUT2D eigenvalue weighted by atomic mass is 16.3. The summed E-state index contributed by atoms with van der Waals surface area (Å²) in [4.78, 5) is 10.8. The van der Waals surface area contributed by atoms with E-state index in [1.807, 2.05) is 18.2 Å². The molecule has 0 radical (unpaired) electrons. The van der Waals surface area contributed by atoms with E-state index < -0.39 is 5.41 Å². The zero-order chi connectivity index (χ0) is 12.8. The summed E-state index contributed by atoms with van der Waals surface area (Å²) in [6.07, 6.45) is 0. The van der Waals surface area contributed by atoms with E-state index in [2.05, 4.69) is 11.2 Å². The van der Waals surface area contributed by atoms with Gasteiger partial charge in [-0.2, -0.15) is 5.26 Å². The Labute approximate surface area is 103 Å². The zero-order valence-electron chi connectivity index (χ0n) is 9.29. The second-order valence-electron chi connectivity index (χ2n) is 4.17. The molecule has 0 bridgehead atoms. The largest absolute Gasteiger partial charge is 0.508 e. The van der Waals surface area contributed by atoms with Crippen LogP contribution in [0.5, 0.6) is 5.75 Å². The van der Waals surface area contributed by atoms with E-state index in [4.69, 9.17) is 0 Å². The van der Waals surface area contributed by atoms with Crippen LogP contribution in [0, 0.1) is 16.2 Å². The molecular formula is C14H8N2O2. The van der Waals surface area contributed by atoms with Gasteiger partial charge in [-0.25, -0.2) is 0 Å². The van der Waals surface area contributed by atoms with Gasteiger partial charge in [-0.1, -0.05) is 30.3 Å². The van der Waals surface area contributed by atoms with Crippen molar-refractivity contribution in [2.45, 2.75) is 5.41 Å². The molecule has 1 atom stereocenters.